The maximum atomic E-state index is 5.95. The second-order valence-electron chi connectivity index (χ2n) is 4.35. The number of halogens is 1. The summed E-state index contributed by atoms with van der Waals surface area (Å²) >= 11 is 5.95. The monoisotopic (exact) mass is 297 g/mol. The van der Waals surface area contributed by atoms with Gasteiger partial charge >= 0.3 is 0 Å². The highest BCUT2D eigenvalue weighted by Gasteiger charge is 2.09. The maximum Gasteiger partial charge on any atom is 0.256 e. The lowest BCUT2D eigenvalue weighted by molar-refractivity contribution is 0.445. The van der Waals surface area contributed by atoms with Crippen molar-refractivity contribution >= 4 is 28.3 Å². The van der Waals surface area contributed by atoms with Gasteiger partial charge in [0, 0.05) is 11.5 Å². The minimum Gasteiger partial charge on any atom is -0.437 e. The second kappa shape index (κ2) is 4.68. The summed E-state index contributed by atoms with van der Waals surface area (Å²) in [6.45, 7) is 0. The SMILES string of the molecule is Clc1cc(Oc2cnc3ccccc3c2)n2ncnc2n1. The molecule has 0 unspecified atom stereocenters. The molecule has 3 aromatic heterocycles. The lowest BCUT2D eigenvalue weighted by Gasteiger charge is -2.07. The Bertz CT molecular complexity index is 952. The smallest absolute Gasteiger partial charge is 0.256 e. The molecule has 0 spiro atoms. The Labute approximate surface area is 124 Å². The van der Waals surface area contributed by atoms with Crippen molar-refractivity contribution in [1.29, 1.82) is 0 Å². The summed E-state index contributed by atoms with van der Waals surface area (Å²) in [7, 11) is 0. The van der Waals surface area contributed by atoms with Crippen LogP contribution in [0.4, 0.5) is 0 Å². The summed E-state index contributed by atoms with van der Waals surface area (Å²) in [5.41, 5.74) is 0.906. The summed E-state index contributed by atoms with van der Waals surface area (Å²) in [6, 6.07) is 11.3. The van der Waals surface area contributed by atoms with E-state index in [4.69, 9.17) is 16.3 Å². The fourth-order valence-corrected chi connectivity index (χ4v) is 2.23. The van der Waals surface area contributed by atoms with Gasteiger partial charge < -0.3 is 4.74 Å². The Morgan fingerprint density at radius 1 is 1.10 bits per heavy atom. The number of aromatic nitrogens is 5. The van der Waals surface area contributed by atoms with E-state index in [1.807, 2.05) is 30.3 Å². The van der Waals surface area contributed by atoms with Crippen LogP contribution >= 0.6 is 11.6 Å². The van der Waals surface area contributed by atoms with Crippen molar-refractivity contribution in [1.82, 2.24) is 24.6 Å². The van der Waals surface area contributed by atoms with Crippen LogP contribution in [0.1, 0.15) is 0 Å². The lowest BCUT2D eigenvalue weighted by Crippen LogP contribution is -1.98. The van der Waals surface area contributed by atoms with E-state index >= 15 is 0 Å². The Morgan fingerprint density at radius 2 is 2.00 bits per heavy atom. The van der Waals surface area contributed by atoms with Gasteiger partial charge in [-0.3, -0.25) is 4.98 Å². The number of hydrogen-bond donors (Lipinski definition) is 0. The van der Waals surface area contributed by atoms with Crippen LogP contribution in [0, 0.1) is 0 Å². The van der Waals surface area contributed by atoms with Gasteiger partial charge in [0.15, 0.2) is 0 Å². The molecule has 7 heteroatoms. The predicted octanol–water partition coefficient (Wildman–Crippen LogP) is 3.12. The Balaban J connectivity index is 1.80. The van der Waals surface area contributed by atoms with Gasteiger partial charge in [-0.2, -0.15) is 19.6 Å². The van der Waals surface area contributed by atoms with Gasteiger partial charge in [-0.05, 0) is 12.1 Å². The molecule has 0 aliphatic heterocycles. The van der Waals surface area contributed by atoms with Crippen LogP contribution in [0.3, 0.4) is 0 Å². The molecule has 21 heavy (non-hydrogen) atoms. The van der Waals surface area contributed by atoms with Crippen molar-refractivity contribution < 1.29 is 4.74 Å². The number of pyridine rings is 1. The molecule has 6 nitrogen and oxygen atoms in total. The molecule has 0 saturated heterocycles. The fraction of sp³-hybridized carbons (Fsp3) is 0. The number of rotatable bonds is 2. The van der Waals surface area contributed by atoms with Crippen LogP contribution in [0.25, 0.3) is 16.7 Å². The minimum absolute atomic E-state index is 0.291. The lowest BCUT2D eigenvalue weighted by atomic mass is 10.2. The van der Waals surface area contributed by atoms with Crippen LogP contribution in [0.2, 0.25) is 5.15 Å². The van der Waals surface area contributed by atoms with Gasteiger partial charge in [-0.15, -0.1) is 0 Å². The van der Waals surface area contributed by atoms with Crippen molar-refractivity contribution in [3.05, 3.63) is 54.1 Å². The average Bonchev–Trinajstić information content (AvgIpc) is 2.95. The van der Waals surface area contributed by atoms with Gasteiger partial charge in [-0.1, -0.05) is 29.8 Å². The summed E-state index contributed by atoms with van der Waals surface area (Å²) < 4.78 is 7.29. The zero-order chi connectivity index (χ0) is 14.2. The first-order valence-corrected chi connectivity index (χ1v) is 6.56. The molecule has 4 aromatic rings. The van der Waals surface area contributed by atoms with Crippen molar-refractivity contribution in [3.63, 3.8) is 0 Å². The van der Waals surface area contributed by atoms with Crippen LogP contribution in [0.15, 0.2) is 48.9 Å². The molecule has 0 aliphatic carbocycles. The van der Waals surface area contributed by atoms with Crippen LogP contribution in [-0.2, 0) is 0 Å². The largest absolute Gasteiger partial charge is 0.437 e. The summed E-state index contributed by atoms with van der Waals surface area (Å²) in [5.74, 6) is 1.40. The third-order valence-corrected chi connectivity index (χ3v) is 3.17. The number of benzene rings is 1. The zero-order valence-electron chi connectivity index (χ0n) is 10.6. The first-order valence-electron chi connectivity index (χ1n) is 6.18. The van der Waals surface area contributed by atoms with E-state index in [-0.39, 0.29) is 0 Å². The molecule has 0 N–H and O–H groups in total. The molecule has 102 valence electrons. The first-order chi connectivity index (χ1) is 10.3. The number of ether oxygens (including phenoxy) is 1. The topological polar surface area (TPSA) is 65.2 Å². The van der Waals surface area contributed by atoms with E-state index < -0.39 is 0 Å². The van der Waals surface area contributed by atoms with E-state index in [1.165, 1.54) is 10.8 Å². The van der Waals surface area contributed by atoms with Gasteiger partial charge in [0.25, 0.3) is 5.78 Å². The molecule has 1 aromatic carbocycles. The molecular formula is C14H8ClN5O. The van der Waals surface area contributed by atoms with Crippen molar-refractivity contribution in [2.75, 3.05) is 0 Å². The Hall–Kier alpha value is -2.73. The highest BCUT2D eigenvalue weighted by molar-refractivity contribution is 6.29. The molecule has 0 aliphatic rings. The molecule has 0 radical (unpaired) electrons. The third kappa shape index (κ3) is 2.15. The van der Waals surface area contributed by atoms with Gasteiger partial charge in [0.2, 0.25) is 5.88 Å². The van der Waals surface area contributed by atoms with E-state index in [9.17, 15) is 0 Å². The normalized spacial score (nSPS) is 11.1. The van der Waals surface area contributed by atoms with Gasteiger partial charge in [0.05, 0.1) is 11.7 Å². The molecule has 0 bridgehead atoms. The number of nitrogens with zero attached hydrogens (tertiary/aromatic N) is 5. The van der Waals surface area contributed by atoms with Crippen LogP contribution in [-0.4, -0.2) is 24.6 Å². The predicted molar refractivity (Wildman–Crippen MR) is 77.6 cm³/mol. The van der Waals surface area contributed by atoms with Crippen molar-refractivity contribution in [3.8, 4) is 11.6 Å². The van der Waals surface area contributed by atoms with E-state index in [0.29, 0.717) is 22.6 Å². The zero-order valence-corrected chi connectivity index (χ0v) is 11.4. The third-order valence-electron chi connectivity index (χ3n) is 2.98. The molecule has 0 amide bonds. The maximum absolute atomic E-state index is 5.95. The van der Waals surface area contributed by atoms with E-state index in [1.54, 1.807) is 12.3 Å². The highest BCUT2D eigenvalue weighted by atomic mass is 35.5. The standard InChI is InChI=1S/C14H8ClN5O/c15-12-6-13(20-14(19-12)17-8-18-20)21-10-5-9-3-1-2-4-11(9)16-7-10/h1-8H. The van der Waals surface area contributed by atoms with Crippen LogP contribution < -0.4 is 4.74 Å². The first kappa shape index (κ1) is 12.0. The van der Waals surface area contributed by atoms with Crippen LogP contribution in [0.5, 0.6) is 11.6 Å². The number of fused-ring (bicyclic) bond motifs is 2. The minimum atomic E-state index is 0.291. The summed E-state index contributed by atoms with van der Waals surface area (Å²) in [4.78, 5) is 12.4. The second-order valence-corrected chi connectivity index (χ2v) is 4.74. The quantitative estimate of drug-likeness (QED) is 0.532. The molecule has 0 saturated carbocycles. The number of hydrogen-bond acceptors (Lipinski definition) is 5. The van der Waals surface area contributed by atoms with E-state index in [2.05, 4.69) is 20.1 Å². The summed E-state index contributed by atoms with van der Waals surface area (Å²) in [6.07, 6.45) is 3.05. The highest BCUT2D eigenvalue weighted by Crippen LogP contribution is 2.25. The molecular weight excluding hydrogens is 290 g/mol. The molecule has 3 heterocycles. The van der Waals surface area contributed by atoms with E-state index in [0.717, 1.165) is 10.9 Å². The summed E-state index contributed by atoms with van der Waals surface area (Å²) in [5, 5.41) is 5.34. The Morgan fingerprint density at radius 3 is 2.95 bits per heavy atom. The van der Waals surface area contributed by atoms with Crippen molar-refractivity contribution in [2.45, 2.75) is 0 Å². The average molecular weight is 298 g/mol. The number of para-hydroxylation sites is 1. The molecule has 0 fully saturated rings. The Kier molecular flexibility index (Phi) is 2.68. The molecule has 4 rings (SSSR count). The van der Waals surface area contributed by atoms with Crippen molar-refractivity contribution in [2.24, 2.45) is 0 Å². The van der Waals surface area contributed by atoms with Gasteiger partial charge in [-0.25, -0.2) is 0 Å². The van der Waals surface area contributed by atoms with Gasteiger partial charge in [0.1, 0.15) is 17.2 Å². The molecule has 0 atom stereocenters. The fourth-order valence-electron chi connectivity index (χ4n) is 2.06.